The Hall–Kier alpha value is -0.870. The van der Waals surface area contributed by atoms with Crippen molar-refractivity contribution in [3.63, 3.8) is 0 Å². The molecule has 1 aromatic rings. The molecule has 3 nitrogen and oxygen atoms in total. The van der Waals surface area contributed by atoms with Crippen molar-refractivity contribution in [2.75, 3.05) is 6.26 Å². The van der Waals surface area contributed by atoms with Crippen LogP contribution in [-0.2, 0) is 9.84 Å². The molecule has 0 aromatic heterocycles. The number of nitrogens with two attached hydrogens (primary N) is 1. The van der Waals surface area contributed by atoms with Crippen molar-refractivity contribution in [2.45, 2.75) is 37.1 Å². The first-order valence-corrected chi connectivity index (χ1v) is 7.31. The summed E-state index contributed by atoms with van der Waals surface area (Å²) in [6, 6.07) is 7.06. The Bertz CT molecular complexity index is 452. The Morgan fingerprint density at radius 2 is 1.88 bits per heavy atom. The van der Waals surface area contributed by atoms with Crippen LogP contribution in [0.5, 0.6) is 0 Å². The molecule has 1 rings (SSSR count). The molecule has 0 aliphatic heterocycles. The molecule has 0 radical (unpaired) electrons. The van der Waals surface area contributed by atoms with Crippen molar-refractivity contribution in [3.8, 4) is 0 Å². The molecular weight excluding hydrogens is 222 g/mol. The van der Waals surface area contributed by atoms with Gasteiger partial charge in [0.15, 0.2) is 9.84 Å². The topological polar surface area (TPSA) is 60.2 Å². The zero-order chi connectivity index (χ0) is 12.3. The lowest BCUT2D eigenvalue weighted by Crippen LogP contribution is -2.25. The first-order chi connectivity index (χ1) is 7.38. The van der Waals surface area contributed by atoms with Crippen molar-refractivity contribution in [1.82, 2.24) is 0 Å². The van der Waals surface area contributed by atoms with E-state index in [0.717, 1.165) is 12.0 Å². The lowest BCUT2D eigenvalue weighted by atomic mass is 9.90. The van der Waals surface area contributed by atoms with Crippen LogP contribution in [0.1, 0.15) is 31.7 Å². The number of benzene rings is 1. The van der Waals surface area contributed by atoms with Gasteiger partial charge >= 0.3 is 0 Å². The summed E-state index contributed by atoms with van der Waals surface area (Å²) in [6.07, 6.45) is 2.07. The molecule has 0 saturated heterocycles. The predicted octanol–water partition coefficient (Wildman–Crippen LogP) is 1.93. The number of hydrogen-bond acceptors (Lipinski definition) is 3. The second-order valence-corrected chi connectivity index (χ2v) is 6.17. The van der Waals surface area contributed by atoms with Crippen molar-refractivity contribution in [3.05, 3.63) is 29.8 Å². The van der Waals surface area contributed by atoms with Gasteiger partial charge in [0.05, 0.1) is 4.90 Å². The van der Waals surface area contributed by atoms with E-state index in [1.54, 1.807) is 12.1 Å². The largest absolute Gasteiger partial charge is 0.327 e. The van der Waals surface area contributed by atoms with Gasteiger partial charge in [-0.1, -0.05) is 25.1 Å². The lowest BCUT2D eigenvalue weighted by molar-refractivity contribution is 0.540. The predicted molar refractivity (Wildman–Crippen MR) is 66.2 cm³/mol. The maximum Gasteiger partial charge on any atom is 0.175 e. The molecular formula is C12H19NO2S. The fourth-order valence-corrected chi connectivity index (χ4v) is 2.97. The van der Waals surface area contributed by atoms with Crippen LogP contribution in [0.3, 0.4) is 0 Å². The number of rotatable bonds is 4. The molecule has 2 atom stereocenters. The van der Waals surface area contributed by atoms with Crippen molar-refractivity contribution < 1.29 is 8.42 Å². The standard InChI is InChI=1S/C12H19NO2S/c1-4-10(9(2)13)11-7-5-6-8-12(11)16(3,14)15/h5-10H,4,13H2,1-3H3. The molecule has 0 saturated carbocycles. The van der Waals surface area contributed by atoms with Crippen LogP contribution in [0.4, 0.5) is 0 Å². The molecule has 90 valence electrons. The van der Waals surface area contributed by atoms with Gasteiger partial charge < -0.3 is 5.73 Å². The molecule has 16 heavy (non-hydrogen) atoms. The maximum absolute atomic E-state index is 11.7. The highest BCUT2D eigenvalue weighted by Gasteiger charge is 2.21. The van der Waals surface area contributed by atoms with Gasteiger partial charge in [0.25, 0.3) is 0 Å². The first-order valence-electron chi connectivity index (χ1n) is 5.42. The van der Waals surface area contributed by atoms with Crippen LogP contribution < -0.4 is 5.73 Å². The summed E-state index contributed by atoms with van der Waals surface area (Å²) in [5.74, 6) is 0.0888. The van der Waals surface area contributed by atoms with E-state index in [1.807, 2.05) is 26.0 Å². The average Bonchev–Trinajstić information content (AvgIpc) is 2.17. The van der Waals surface area contributed by atoms with Gasteiger partial charge in [0.2, 0.25) is 0 Å². The monoisotopic (exact) mass is 241 g/mol. The first kappa shape index (κ1) is 13.2. The summed E-state index contributed by atoms with van der Waals surface area (Å²) in [7, 11) is -3.18. The van der Waals surface area contributed by atoms with Gasteiger partial charge in [-0.3, -0.25) is 0 Å². The summed E-state index contributed by atoms with van der Waals surface area (Å²) in [5, 5.41) is 0. The third-order valence-corrected chi connectivity index (χ3v) is 3.96. The van der Waals surface area contributed by atoms with Gasteiger partial charge in [0.1, 0.15) is 0 Å². The highest BCUT2D eigenvalue weighted by molar-refractivity contribution is 7.90. The quantitative estimate of drug-likeness (QED) is 0.876. The molecule has 0 fully saturated rings. The maximum atomic E-state index is 11.7. The van der Waals surface area contributed by atoms with E-state index < -0.39 is 9.84 Å². The van der Waals surface area contributed by atoms with E-state index in [1.165, 1.54) is 6.26 Å². The molecule has 0 aliphatic carbocycles. The fraction of sp³-hybridized carbons (Fsp3) is 0.500. The summed E-state index contributed by atoms with van der Waals surface area (Å²) in [5.41, 5.74) is 6.73. The van der Waals surface area contributed by atoms with Crippen molar-refractivity contribution in [2.24, 2.45) is 5.73 Å². The highest BCUT2D eigenvalue weighted by Crippen LogP contribution is 2.28. The van der Waals surface area contributed by atoms with E-state index in [9.17, 15) is 8.42 Å². The van der Waals surface area contributed by atoms with Gasteiger partial charge in [-0.2, -0.15) is 0 Å². The van der Waals surface area contributed by atoms with Crippen molar-refractivity contribution >= 4 is 9.84 Å². The third kappa shape index (κ3) is 2.83. The Labute approximate surface area is 97.6 Å². The van der Waals surface area contributed by atoms with Crippen LogP contribution in [0.15, 0.2) is 29.2 Å². The molecule has 0 aliphatic rings. The molecule has 2 N–H and O–H groups in total. The Morgan fingerprint density at radius 1 is 1.31 bits per heavy atom. The minimum atomic E-state index is -3.18. The van der Waals surface area contributed by atoms with Crippen LogP contribution in [-0.4, -0.2) is 20.7 Å². The Balaban J connectivity index is 3.33. The molecule has 4 heteroatoms. The van der Waals surface area contributed by atoms with Gasteiger partial charge in [0, 0.05) is 12.3 Å². The normalized spacial score (nSPS) is 15.8. The smallest absolute Gasteiger partial charge is 0.175 e. The minimum absolute atomic E-state index is 0.0482. The van der Waals surface area contributed by atoms with Crippen LogP contribution in [0, 0.1) is 0 Å². The zero-order valence-corrected chi connectivity index (χ0v) is 10.8. The SMILES string of the molecule is CCC(c1ccccc1S(C)(=O)=O)C(C)N. The summed E-state index contributed by atoms with van der Waals surface area (Å²) in [4.78, 5) is 0.402. The van der Waals surface area contributed by atoms with E-state index in [0.29, 0.717) is 4.90 Å². The molecule has 0 amide bonds. The second kappa shape index (κ2) is 4.97. The minimum Gasteiger partial charge on any atom is -0.327 e. The van der Waals surface area contributed by atoms with Crippen LogP contribution in [0.2, 0.25) is 0 Å². The van der Waals surface area contributed by atoms with E-state index in [2.05, 4.69) is 0 Å². The van der Waals surface area contributed by atoms with E-state index >= 15 is 0 Å². The number of sulfone groups is 1. The Morgan fingerprint density at radius 3 is 2.31 bits per heavy atom. The molecule has 1 aromatic carbocycles. The second-order valence-electron chi connectivity index (χ2n) is 4.18. The van der Waals surface area contributed by atoms with Crippen LogP contribution in [0.25, 0.3) is 0 Å². The summed E-state index contributed by atoms with van der Waals surface area (Å²) < 4.78 is 23.3. The third-order valence-electron chi connectivity index (χ3n) is 2.79. The van der Waals surface area contributed by atoms with Gasteiger partial charge in [-0.15, -0.1) is 0 Å². The molecule has 0 bridgehead atoms. The summed E-state index contributed by atoms with van der Waals surface area (Å²) >= 11 is 0. The average molecular weight is 241 g/mol. The fourth-order valence-electron chi connectivity index (χ4n) is 2.00. The molecule has 2 unspecified atom stereocenters. The highest BCUT2D eigenvalue weighted by atomic mass is 32.2. The van der Waals surface area contributed by atoms with Crippen LogP contribution >= 0.6 is 0 Å². The Kier molecular flexibility index (Phi) is 4.10. The lowest BCUT2D eigenvalue weighted by Gasteiger charge is -2.21. The molecule has 0 heterocycles. The van der Waals surface area contributed by atoms with Crippen molar-refractivity contribution in [1.29, 1.82) is 0 Å². The van der Waals surface area contributed by atoms with E-state index in [-0.39, 0.29) is 12.0 Å². The molecule has 0 spiro atoms. The van der Waals surface area contributed by atoms with Gasteiger partial charge in [-0.25, -0.2) is 8.42 Å². The van der Waals surface area contributed by atoms with Gasteiger partial charge in [-0.05, 0) is 30.9 Å². The zero-order valence-electron chi connectivity index (χ0n) is 9.97. The number of hydrogen-bond donors (Lipinski definition) is 1. The summed E-state index contributed by atoms with van der Waals surface area (Å²) in [6.45, 7) is 3.93. The van der Waals surface area contributed by atoms with E-state index in [4.69, 9.17) is 5.73 Å².